The van der Waals surface area contributed by atoms with Gasteiger partial charge in [-0.3, -0.25) is 4.72 Å². The van der Waals surface area contributed by atoms with E-state index in [-0.39, 0.29) is 4.21 Å². The number of ether oxygens (including phenoxy) is 1. The third kappa shape index (κ3) is 4.92. The minimum Gasteiger partial charge on any atom is -0.495 e. The van der Waals surface area contributed by atoms with Crippen LogP contribution in [0.2, 0.25) is 0 Å². The molecule has 0 aliphatic carbocycles. The Morgan fingerprint density at radius 3 is 2.38 bits per heavy atom. The summed E-state index contributed by atoms with van der Waals surface area (Å²) in [4.78, 5) is 3.18. The van der Waals surface area contributed by atoms with Gasteiger partial charge in [0.25, 0.3) is 10.0 Å². The summed E-state index contributed by atoms with van der Waals surface area (Å²) in [5, 5.41) is 3.52. The van der Waals surface area contributed by atoms with Crippen molar-refractivity contribution < 1.29 is 13.2 Å². The molecule has 1 fully saturated rings. The topological polar surface area (TPSA) is 70.7 Å². The van der Waals surface area contributed by atoms with Crippen LogP contribution in [0.4, 0.5) is 11.4 Å². The van der Waals surface area contributed by atoms with Crippen molar-refractivity contribution in [2.24, 2.45) is 0 Å². The van der Waals surface area contributed by atoms with Crippen molar-refractivity contribution in [1.29, 1.82) is 0 Å². The lowest BCUT2D eigenvalue weighted by Gasteiger charge is -2.38. The number of nitrogens with zero attached hydrogens (tertiary/aromatic N) is 1. The first-order valence-corrected chi connectivity index (χ1v) is 12.9. The molecule has 1 aliphatic heterocycles. The highest BCUT2D eigenvalue weighted by Crippen LogP contribution is 2.35. The van der Waals surface area contributed by atoms with Crippen LogP contribution < -0.4 is 19.7 Å². The maximum atomic E-state index is 13.2. The number of hydrogen-bond acceptors (Lipinski definition) is 6. The Bertz CT molecular complexity index is 1180. The van der Waals surface area contributed by atoms with E-state index in [1.165, 1.54) is 16.9 Å². The number of benzene rings is 2. The molecule has 0 unspecified atom stereocenters. The third-order valence-electron chi connectivity index (χ3n) is 5.53. The lowest BCUT2D eigenvalue weighted by atomic mass is 10.1. The molecule has 0 radical (unpaired) electrons. The molecule has 1 aromatic heterocycles. The fourth-order valence-corrected chi connectivity index (χ4v) is 6.42. The van der Waals surface area contributed by atoms with Gasteiger partial charge >= 0.3 is 0 Å². The summed E-state index contributed by atoms with van der Waals surface area (Å²) in [6.07, 6.45) is 0. The summed E-state index contributed by atoms with van der Waals surface area (Å²) in [5.74, 6) is 0.490. The number of sulfonamides is 1. The Kier molecular flexibility index (Phi) is 6.46. The predicted octanol–water partition coefficient (Wildman–Crippen LogP) is 4.72. The van der Waals surface area contributed by atoms with Gasteiger partial charge in [0, 0.05) is 35.7 Å². The van der Waals surface area contributed by atoms with Gasteiger partial charge in [0.15, 0.2) is 0 Å². The largest absolute Gasteiger partial charge is 0.495 e. The SMILES string of the molecule is COc1ccc(N2C[C@@H](C)N[C@@H](C)C2)cc1NS(=O)(=O)c1ccc(-c2ccc(C)cc2)s1. The van der Waals surface area contributed by atoms with Crippen molar-refractivity contribution in [3.05, 3.63) is 60.2 Å². The normalized spacial score (nSPS) is 19.1. The van der Waals surface area contributed by atoms with E-state index in [9.17, 15) is 8.42 Å². The predicted molar refractivity (Wildman–Crippen MR) is 133 cm³/mol. The zero-order chi connectivity index (χ0) is 22.9. The van der Waals surface area contributed by atoms with E-state index in [0.29, 0.717) is 23.5 Å². The van der Waals surface area contributed by atoms with Gasteiger partial charge in [-0.25, -0.2) is 8.42 Å². The van der Waals surface area contributed by atoms with Crippen LogP contribution in [0.1, 0.15) is 19.4 Å². The molecule has 0 amide bonds. The molecule has 0 saturated carbocycles. The zero-order valence-corrected chi connectivity index (χ0v) is 20.4. The number of rotatable bonds is 6. The molecule has 1 saturated heterocycles. The second-order valence-corrected chi connectivity index (χ2v) is 11.3. The molecule has 0 bridgehead atoms. The number of piperazine rings is 1. The molecule has 6 nitrogen and oxygen atoms in total. The van der Waals surface area contributed by atoms with Crippen LogP contribution >= 0.6 is 11.3 Å². The molecule has 2 heterocycles. The minimum atomic E-state index is -3.75. The minimum absolute atomic E-state index is 0.268. The average Bonchev–Trinajstić information content (AvgIpc) is 3.25. The summed E-state index contributed by atoms with van der Waals surface area (Å²) >= 11 is 1.25. The summed E-state index contributed by atoms with van der Waals surface area (Å²) in [7, 11) is -2.21. The maximum absolute atomic E-state index is 13.2. The van der Waals surface area contributed by atoms with Crippen LogP contribution in [0.25, 0.3) is 10.4 Å². The Morgan fingerprint density at radius 2 is 1.72 bits per heavy atom. The van der Waals surface area contributed by atoms with Crippen LogP contribution in [0, 0.1) is 6.92 Å². The molecule has 0 spiro atoms. The van der Waals surface area contributed by atoms with E-state index in [2.05, 4.69) is 28.8 Å². The number of nitrogens with one attached hydrogen (secondary N) is 2. The highest BCUT2D eigenvalue weighted by Gasteiger charge is 2.24. The first kappa shape index (κ1) is 22.6. The van der Waals surface area contributed by atoms with Crippen LogP contribution in [0.15, 0.2) is 58.8 Å². The van der Waals surface area contributed by atoms with E-state index in [4.69, 9.17) is 4.74 Å². The third-order valence-corrected chi connectivity index (χ3v) is 8.52. The van der Waals surface area contributed by atoms with Crippen LogP contribution in [-0.4, -0.2) is 40.7 Å². The first-order chi connectivity index (χ1) is 15.2. The number of methoxy groups -OCH3 is 1. The summed E-state index contributed by atoms with van der Waals surface area (Å²) in [6, 6.07) is 17.9. The number of anilines is 2. The molecular formula is C24H29N3O3S2. The number of hydrogen-bond donors (Lipinski definition) is 2. The highest BCUT2D eigenvalue weighted by molar-refractivity contribution is 7.94. The van der Waals surface area contributed by atoms with Crippen LogP contribution in [-0.2, 0) is 10.0 Å². The van der Waals surface area contributed by atoms with E-state index < -0.39 is 10.0 Å². The molecule has 32 heavy (non-hydrogen) atoms. The van der Waals surface area contributed by atoms with Crippen molar-refractivity contribution in [1.82, 2.24) is 5.32 Å². The molecule has 3 aromatic rings. The fourth-order valence-electron chi connectivity index (χ4n) is 4.04. The van der Waals surface area contributed by atoms with Crippen LogP contribution in [0.3, 0.4) is 0 Å². The number of aryl methyl sites for hydroxylation is 1. The molecule has 1 aliphatic rings. The summed E-state index contributed by atoms with van der Waals surface area (Å²) in [5.41, 5.74) is 3.58. The van der Waals surface area contributed by atoms with Gasteiger partial charge in [0.2, 0.25) is 0 Å². The van der Waals surface area contributed by atoms with E-state index >= 15 is 0 Å². The Balaban J connectivity index is 1.60. The van der Waals surface area contributed by atoms with Gasteiger partial charge in [0.05, 0.1) is 12.8 Å². The standard InChI is InChI=1S/C24H29N3O3S2/c1-16-5-7-19(8-6-16)23-11-12-24(31-23)32(28,29)26-21-13-20(9-10-22(21)30-4)27-14-17(2)25-18(3)15-27/h5-13,17-18,25-26H,14-15H2,1-4H3/t17-,18+. The molecular weight excluding hydrogens is 442 g/mol. The summed E-state index contributed by atoms with van der Waals surface area (Å²) < 4.78 is 34.8. The lowest BCUT2D eigenvalue weighted by Crippen LogP contribution is -2.54. The summed E-state index contributed by atoms with van der Waals surface area (Å²) in [6.45, 7) is 8.04. The second-order valence-electron chi connectivity index (χ2n) is 8.35. The van der Waals surface area contributed by atoms with Crippen molar-refractivity contribution in [2.75, 3.05) is 29.8 Å². The molecule has 2 atom stereocenters. The van der Waals surface area contributed by atoms with Gasteiger partial charge in [0.1, 0.15) is 9.96 Å². The first-order valence-electron chi connectivity index (χ1n) is 10.6. The van der Waals surface area contributed by atoms with Gasteiger partial charge in [-0.2, -0.15) is 0 Å². The molecule has 2 aromatic carbocycles. The van der Waals surface area contributed by atoms with Crippen molar-refractivity contribution in [3.8, 4) is 16.2 Å². The van der Waals surface area contributed by atoms with Gasteiger partial charge in [-0.05, 0) is 56.7 Å². The van der Waals surface area contributed by atoms with E-state index in [0.717, 1.165) is 29.2 Å². The Morgan fingerprint density at radius 1 is 1.03 bits per heavy atom. The Hall–Kier alpha value is -2.55. The molecule has 2 N–H and O–H groups in total. The fraction of sp³-hybridized carbons (Fsp3) is 0.333. The van der Waals surface area contributed by atoms with Crippen molar-refractivity contribution >= 4 is 32.7 Å². The quantitative estimate of drug-likeness (QED) is 0.544. The average molecular weight is 472 g/mol. The van der Waals surface area contributed by atoms with Gasteiger partial charge in [-0.1, -0.05) is 29.8 Å². The highest BCUT2D eigenvalue weighted by atomic mass is 32.2. The monoisotopic (exact) mass is 471 g/mol. The van der Waals surface area contributed by atoms with Crippen molar-refractivity contribution in [2.45, 2.75) is 37.1 Å². The molecule has 4 rings (SSSR count). The smallest absolute Gasteiger partial charge is 0.271 e. The van der Waals surface area contributed by atoms with E-state index in [1.807, 2.05) is 55.5 Å². The van der Waals surface area contributed by atoms with Crippen molar-refractivity contribution in [3.63, 3.8) is 0 Å². The molecule has 170 valence electrons. The lowest BCUT2D eigenvalue weighted by molar-refractivity contribution is 0.406. The molecule has 8 heteroatoms. The van der Waals surface area contributed by atoms with Gasteiger partial charge in [-0.15, -0.1) is 11.3 Å². The van der Waals surface area contributed by atoms with E-state index in [1.54, 1.807) is 13.2 Å². The maximum Gasteiger partial charge on any atom is 0.271 e. The zero-order valence-electron chi connectivity index (χ0n) is 18.8. The van der Waals surface area contributed by atoms with Gasteiger partial charge < -0.3 is 15.0 Å². The van der Waals surface area contributed by atoms with Crippen LogP contribution in [0.5, 0.6) is 5.75 Å². The number of thiophene rings is 1. The second kappa shape index (κ2) is 9.13. The Labute approximate surface area is 194 Å².